The molecule has 2 aromatic rings. The minimum atomic E-state index is 0.861. The minimum Gasteiger partial charge on any atom is -0.379 e. The fraction of sp³-hybridized carbons (Fsp3) is 0.333. The fourth-order valence-electron chi connectivity index (χ4n) is 2.24. The van der Waals surface area contributed by atoms with Crippen molar-refractivity contribution >= 4 is 28.2 Å². The lowest BCUT2D eigenvalue weighted by molar-refractivity contribution is 0.0435. The Kier molecular flexibility index (Phi) is 4.45. The molecule has 0 amide bonds. The Morgan fingerprint density at radius 2 is 1.74 bits per heavy atom. The summed E-state index contributed by atoms with van der Waals surface area (Å²) in [4.78, 5) is 2.45. The molecule has 0 bridgehead atoms. The summed E-state index contributed by atoms with van der Waals surface area (Å²) >= 11 is 3.51. The summed E-state index contributed by atoms with van der Waals surface area (Å²) in [6, 6.07) is 4.40. The van der Waals surface area contributed by atoms with E-state index in [0.717, 1.165) is 32.8 Å². The maximum absolute atomic E-state index is 5.39. The van der Waals surface area contributed by atoms with Crippen LogP contribution in [0.2, 0.25) is 0 Å². The monoisotopic (exact) mass is 291 g/mol. The molecular weight excluding hydrogens is 274 g/mol. The Hall–Kier alpha value is -0.940. The van der Waals surface area contributed by atoms with Crippen molar-refractivity contribution in [3.63, 3.8) is 0 Å². The van der Waals surface area contributed by atoms with E-state index in [9.17, 15) is 0 Å². The zero-order valence-electron chi connectivity index (χ0n) is 10.7. The highest BCUT2D eigenvalue weighted by Crippen LogP contribution is 2.27. The van der Waals surface area contributed by atoms with Crippen molar-refractivity contribution in [3.05, 3.63) is 50.9 Å². The van der Waals surface area contributed by atoms with Crippen molar-refractivity contribution in [2.45, 2.75) is 0 Å². The quantitative estimate of drug-likeness (QED) is 0.854. The van der Waals surface area contributed by atoms with Crippen LogP contribution in [0.5, 0.6) is 0 Å². The number of nitrogens with zero attached hydrogens (tertiary/aromatic N) is 1. The van der Waals surface area contributed by atoms with Gasteiger partial charge in [-0.3, -0.25) is 4.90 Å². The molecule has 100 valence electrons. The lowest BCUT2D eigenvalue weighted by Gasteiger charge is -2.25. The SMILES string of the molecule is C(CN1CCOCC1)=C(c1ccsc1)c1ccsc1. The van der Waals surface area contributed by atoms with Crippen molar-refractivity contribution in [1.82, 2.24) is 4.90 Å². The molecule has 1 aliphatic heterocycles. The number of thiophene rings is 2. The van der Waals surface area contributed by atoms with E-state index < -0.39 is 0 Å². The van der Waals surface area contributed by atoms with Gasteiger partial charge in [0.15, 0.2) is 0 Å². The fourth-order valence-corrected chi connectivity index (χ4v) is 3.55. The van der Waals surface area contributed by atoms with Crippen molar-refractivity contribution < 1.29 is 4.74 Å². The second-order valence-corrected chi connectivity index (χ2v) is 6.11. The molecule has 4 heteroatoms. The largest absolute Gasteiger partial charge is 0.379 e. The van der Waals surface area contributed by atoms with Crippen molar-refractivity contribution in [3.8, 4) is 0 Å². The van der Waals surface area contributed by atoms with E-state index in [2.05, 4.69) is 44.6 Å². The van der Waals surface area contributed by atoms with Gasteiger partial charge in [0, 0.05) is 19.6 Å². The molecule has 2 aromatic heterocycles. The third-order valence-electron chi connectivity index (χ3n) is 3.32. The summed E-state index contributed by atoms with van der Waals surface area (Å²) in [5.74, 6) is 0. The van der Waals surface area contributed by atoms with Crippen LogP contribution in [0.4, 0.5) is 0 Å². The van der Waals surface area contributed by atoms with E-state index in [1.165, 1.54) is 16.7 Å². The summed E-state index contributed by atoms with van der Waals surface area (Å²) in [6.45, 7) is 4.80. The van der Waals surface area contributed by atoms with Gasteiger partial charge in [0.1, 0.15) is 0 Å². The molecule has 1 aliphatic rings. The lowest BCUT2D eigenvalue weighted by atomic mass is 10.0. The van der Waals surface area contributed by atoms with Gasteiger partial charge in [-0.15, -0.1) is 0 Å². The van der Waals surface area contributed by atoms with Crippen molar-refractivity contribution in [2.75, 3.05) is 32.8 Å². The third-order valence-corrected chi connectivity index (χ3v) is 4.69. The van der Waals surface area contributed by atoms with Crippen LogP contribution in [0.3, 0.4) is 0 Å². The first kappa shape index (κ1) is 13.1. The first-order chi connectivity index (χ1) is 9.43. The Morgan fingerprint density at radius 1 is 1.11 bits per heavy atom. The first-order valence-corrected chi connectivity index (χ1v) is 8.37. The van der Waals surface area contributed by atoms with Crippen LogP contribution in [0, 0.1) is 0 Å². The molecule has 0 spiro atoms. The van der Waals surface area contributed by atoms with E-state index >= 15 is 0 Å². The number of hydrogen-bond acceptors (Lipinski definition) is 4. The Morgan fingerprint density at radius 3 is 2.26 bits per heavy atom. The molecule has 0 atom stereocenters. The van der Waals surface area contributed by atoms with Crippen LogP contribution in [0.25, 0.3) is 5.57 Å². The summed E-state index contributed by atoms with van der Waals surface area (Å²) < 4.78 is 5.39. The number of ether oxygens (including phenoxy) is 1. The summed E-state index contributed by atoms with van der Waals surface area (Å²) in [6.07, 6.45) is 2.36. The van der Waals surface area contributed by atoms with Gasteiger partial charge in [0.2, 0.25) is 0 Å². The average Bonchev–Trinajstić information content (AvgIpc) is 3.13. The molecule has 19 heavy (non-hydrogen) atoms. The van der Waals surface area contributed by atoms with Crippen LogP contribution in [0.1, 0.15) is 11.1 Å². The molecule has 0 saturated carbocycles. The Balaban J connectivity index is 1.79. The minimum absolute atomic E-state index is 0.861. The van der Waals surface area contributed by atoms with Gasteiger partial charge in [-0.2, -0.15) is 22.7 Å². The van der Waals surface area contributed by atoms with E-state index in [1.807, 2.05) is 0 Å². The predicted octanol–water partition coefficient (Wildman–Crippen LogP) is 3.57. The average molecular weight is 291 g/mol. The van der Waals surface area contributed by atoms with E-state index in [1.54, 1.807) is 22.7 Å². The molecule has 2 nitrogen and oxygen atoms in total. The molecule has 1 fully saturated rings. The lowest BCUT2D eigenvalue weighted by Crippen LogP contribution is -2.36. The maximum atomic E-state index is 5.39. The summed E-state index contributed by atoms with van der Waals surface area (Å²) in [5, 5.41) is 8.74. The van der Waals surface area contributed by atoms with E-state index in [4.69, 9.17) is 4.74 Å². The van der Waals surface area contributed by atoms with Gasteiger partial charge in [-0.05, 0) is 50.4 Å². The molecule has 0 aliphatic carbocycles. The normalized spacial score (nSPS) is 16.4. The highest BCUT2D eigenvalue weighted by atomic mass is 32.1. The zero-order chi connectivity index (χ0) is 12.9. The van der Waals surface area contributed by atoms with Gasteiger partial charge >= 0.3 is 0 Å². The number of rotatable bonds is 4. The van der Waals surface area contributed by atoms with Crippen LogP contribution in [0.15, 0.2) is 39.7 Å². The smallest absolute Gasteiger partial charge is 0.0594 e. The zero-order valence-corrected chi connectivity index (χ0v) is 12.4. The van der Waals surface area contributed by atoms with Crippen LogP contribution in [-0.4, -0.2) is 37.7 Å². The Labute approximate surface area is 122 Å². The van der Waals surface area contributed by atoms with Crippen LogP contribution in [-0.2, 0) is 4.74 Å². The highest BCUT2D eigenvalue weighted by Gasteiger charge is 2.11. The molecule has 0 unspecified atom stereocenters. The Bertz CT molecular complexity index is 474. The van der Waals surface area contributed by atoms with Gasteiger partial charge in [0.05, 0.1) is 13.2 Å². The van der Waals surface area contributed by atoms with Gasteiger partial charge in [0.25, 0.3) is 0 Å². The second kappa shape index (κ2) is 6.48. The van der Waals surface area contributed by atoms with E-state index in [0.29, 0.717) is 0 Å². The van der Waals surface area contributed by atoms with Crippen LogP contribution >= 0.6 is 22.7 Å². The standard InChI is InChI=1S/C15H17NOS2/c1(4-16-5-7-17-8-6-16)15(13-2-9-18-11-13)14-3-10-19-12-14/h1-3,9-12H,4-8H2. The molecule has 0 N–H and O–H groups in total. The number of morpholine rings is 1. The van der Waals surface area contributed by atoms with E-state index in [-0.39, 0.29) is 0 Å². The molecular formula is C15H17NOS2. The molecule has 3 rings (SSSR count). The van der Waals surface area contributed by atoms with Gasteiger partial charge in [-0.25, -0.2) is 0 Å². The summed E-state index contributed by atoms with van der Waals surface area (Å²) in [5.41, 5.74) is 4.02. The van der Waals surface area contributed by atoms with Crippen molar-refractivity contribution in [2.24, 2.45) is 0 Å². The molecule has 0 radical (unpaired) electrons. The van der Waals surface area contributed by atoms with Gasteiger partial charge < -0.3 is 4.74 Å². The van der Waals surface area contributed by atoms with Crippen molar-refractivity contribution in [1.29, 1.82) is 0 Å². The highest BCUT2D eigenvalue weighted by molar-refractivity contribution is 7.08. The second-order valence-electron chi connectivity index (χ2n) is 4.55. The molecule has 3 heterocycles. The third kappa shape index (κ3) is 3.34. The van der Waals surface area contributed by atoms with Gasteiger partial charge in [-0.1, -0.05) is 6.08 Å². The predicted molar refractivity (Wildman–Crippen MR) is 83.0 cm³/mol. The maximum Gasteiger partial charge on any atom is 0.0594 e. The summed E-state index contributed by atoms with van der Waals surface area (Å²) in [7, 11) is 0. The molecule has 0 aromatic carbocycles. The van der Waals surface area contributed by atoms with Crippen LogP contribution < -0.4 is 0 Å². The number of hydrogen-bond donors (Lipinski definition) is 0. The molecule has 1 saturated heterocycles. The topological polar surface area (TPSA) is 12.5 Å². The first-order valence-electron chi connectivity index (χ1n) is 6.49.